The monoisotopic (exact) mass is 383 g/mol. The van der Waals surface area contributed by atoms with E-state index in [4.69, 9.17) is 4.74 Å². The minimum absolute atomic E-state index is 0.118. The Hall–Kier alpha value is -3.70. The molecule has 1 aliphatic heterocycles. The molecule has 2 heterocycles. The Morgan fingerprint density at radius 2 is 1.93 bits per heavy atom. The van der Waals surface area contributed by atoms with Crippen molar-refractivity contribution in [1.29, 1.82) is 0 Å². The van der Waals surface area contributed by atoms with Crippen LogP contribution in [0.1, 0.15) is 0 Å². The minimum atomic E-state index is -3.78. The number of esters is 1. The highest BCUT2D eigenvalue weighted by atomic mass is 19.3. The number of hydrogen-bond acceptors (Lipinski definition) is 7. The van der Waals surface area contributed by atoms with Crippen LogP contribution in [0.25, 0.3) is 0 Å². The number of aromatic nitrogens is 2. The number of alkyl halides is 2. The Labute approximate surface area is 148 Å². The number of carbonyl (C=O) groups is 2. The number of halogens is 2. The summed E-state index contributed by atoms with van der Waals surface area (Å²) in [5.41, 5.74) is -1.31. The molecule has 0 unspecified atom stereocenters. The Morgan fingerprint density at radius 1 is 1.19 bits per heavy atom. The number of rotatable bonds is 5. The number of carbonyl (C=O) groups excluding carboxylic acids is 2. The molecule has 1 aromatic carbocycles. The van der Waals surface area contributed by atoms with Crippen molar-refractivity contribution in [1.82, 2.24) is 9.55 Å². The van der Waals surface area contributed by atoms with Gasteiger partial charge >= 0.3 is 18.0 Å². The highest BCUT2D eigenvalue weighted by Crippen LogP contribution is 2.42. The number of ether oxygens (including phenoxy) is 3. The molecule has 27 heavy (non-hydrogen) atoms. The molecule has 0 fully saturated rings. The smallest absolute Gasteiger partial charge is 0.454 e. The number of fused-ring (bicyclic) bond motifs is 1. The number of amides is 1. The molecule has 0 saturated carbocycles. The first-order valence-corrected chi connectivity index (χ1v) is 7.37. The molecule has 12 heteroatoms. The summed E-state index contributed by atoms with van der Waals surface area (Å²) in [4.78, 5) is 47.8. The van der Waals surface area contributed by atoms with E-state index < -0.39 is 42.6 Å². The summed E-state index contributed by atoms with van der Waals surface area (Å²) in [6, 6.07) is 4.64. The standard InChI is InChI=1S/C15H11F2N3O7/c16-15(17)26-9-2-1-8(5-10(9)27-15)18-12(22)7-25-13(23)6-20-4-3-11(21)19-14(20)24/h1-5H,6-7H2,(H,18,22)(H,19,21,24). The summed E-state index contributed by atoms with van der Waals surface area (Å²) in [5, 5.41) is 2.32. The molecule has 3 rings (SSSR count). The quantitative estimate of drug-likeness (QED) is 0.698. The zero-order chi connectivity index (χ0) is 19.6. The van der Waals surface area contributed by atoms with Crippen molar-refractivity contribution in [3.8, 4) is 11.5 Å². The largest absolute Gasteiger partial charge is 0.586 e. The molecule has 0 bridgehead atoms. The first-order chi connectivity index (χ1) is 12.7. The van der Waals surface area contributed by atoms with E-state index in [1.54, 1.807) is 0 Å². The molecule has 0 spiro atoms. The van der Waals surface area contributed by atoms with Crippen LogP contribution in [-0.4, -0.2) is 34.3 Å². The summed E-state index contributed by atoms with van der Waals surface area (Å²) in [6.45, 7) is -1.19. The number of nitrogens with one attached hydrogen (secondary N) is 2. The number of anilines is 1. The Balaban J connectivity index is 1.52. The molecule has 0 aliphatic carbocycles. The maximum atomic E-state index is 12.9. The lowest BCUT2D eigenvalue weighted by Gasteiger charge is -2.08. The third kappa shape index (κ3) is 4.48. The lowest BCUT2D eigenvalue weighted by molar-refractivity contribution is -0.286. The second-order valence-corrected chi connectivity index (χ2v) is 5.28. The molecule has 0 saturated heterocycles. The van der Waals surface area contributed by atoms with Crippen molar-refractivity contribution < 1.29 is 32.6 Å². The third-order valence-electron chi connectivity index (χ3n) is 3.25. The Morgan fingerprint density at radius 3 is 2.67 bits per heavy atom. The van der Waals surface area contributed by atoms with Crippen LogP contribution < -0.4 is 26.0 Å². The van der Waals surface area contributed by atoms with Gasteiger partial charge < -0.3 is 19.5 Å². The highest BCUT2D eigenvalue weighted by Gasteiger charge is 2.43. The summed E-state index contributed by atoms with van der Waals surface area (Å²) in [6.07, 6.45) is -2.68. The number of aromatic amines is 1. The van der Waals surface area contributed by atoms with Crippen LogP contribution in [0.2, 0.25) is 0 Å². The molecular formula is C15H11F2N3O7. The molecule has 10 nitrogen and oxygen atoms in total. The number of H-pyrrole nitrogens is 1. The van der Waals surface area contributed by atoms with E-state index in [-0.39, 0.29) is 17.2 Å². The van der Waals surface area contributed by atoms with Gasteiger partial charge in [-0.1, -0.05) is 0 Å². The lowest BCUT2D eigenvalue weighted by Crippen LogP contribution is -2.32. The van der Waals surface area contributed by atoms with Crippen LogP contribution >= 0.6 is 0 Å². The summed E-state index contributed by atoms with van der Waals surface area (Å²) >= 11 is 0. The molecule has 2 N–H and O–H groups in total. The lowest BCUT2D eigenvalue weighted by atomic mass is 10.3. The summed E-state index contributed by atoms with van der Waals surface area (Å²) < 4.78 is 39.9. The van der Waals surface area contributed by atoms with Gasteiger partial charge in [-0.25, -0.2) is 4.79 Å². The van der Waals surface area contributed by atoms with Gasteiger partial charge in [0.15, 0.2) is 18.1 Å². The molecule has 0 atom stereocenters. The van der Waals surface area contributed by atoms with E-state index in [9.17, 15) is 28.0 Å². The average molecular weight is 383 g/mol. The fourth-order valence-electron chi connectivity index (χ4n) is 2.12. The topological polar surface area (TPSA) is 129 Å². The van der Waals surface area contributed by atoms with E-state index in [2.05, 4.69) is 14.8 Å². The van der Waals surface area contributed by atoms with Crippen molar-refractivity contribution in [3.05, 3.63) is 51.3 Å². The molecule has 0 radical (unpaired) electrons. The van der Waals surface area contributed by atoms with Gasteiger partial charge in [0.05, 0.1) is 0 Å². The highest BCUT2D eigenvalue weighted by molar-refractivity contribution is 5.93. The zero-order valence-corrected chi connectivity index (χ0v) is 13.4. The van der Waals surface area contributed by atoms with E-state index in [1.807, 2.05) is 4.98 Å². The van der Waals surface area contributed by atoms with E-state index >= 15 is 0 Å². The van der Waals surface area contributed by atoms with Crippen LogP contribution in [0.15, 0.2) is 40.1 Å². The molecule has 1 aromatic heterocycles. The van der Waals surface area contributed by atoms with Crippen molar-refractivity contribution in [3.63, 3.8) is 0 Å². The van der Waals surface area contributed by atoms with Crippen LogP contribution in [0.4, 0.5) is 14.5 Å². The fraction of sp³-hybridized carbons (Fsp3) is 0.200. The zero-order valence-electron chi connectivity index (χ0n) is 13.4. The fourth-order valence-corrected chi connectivity index (χ4v) is 2.12. The Kier molecular flexibility index (Phi) is 4.62. The van der Waals surface area contributed by atoms with Gasteiger partial charge in [-0.3, -0.25) is 23.9 Å². The van der Waals surface area contributed by atoms with Gasteiger partial charge in [0.25, 0.3) is 11.5 Å². The summed E-state index contributed by atoms with van der Waals surface area (Å²) in [7, 11) is 0. The van der Waals surface area contributed by atoms with E-state index in [0.717, 1.165) is 22.9 Å². The van der Waals surface area contributed by atoms with Gasteiger partial charge in [0.1, 0.15) is 6.54 Å². The van der Waals surface area contributed by atoms with Gasteiger partial charge in [-0.15, -0.1) is 8.78 Å². The molecule has 142 valence electrons. The SMILES string of the molecule is O=C(COC(=O)Cn1ccc(=O)[nH]c1=O)Nc1ccc2c(c1)OC(F)(F)O2. The minimum Gasteiger partial charge on any atom is -0.454 e. The predicted molar refractivity (Wildman–Crippen MR) is 83.6 cm³/mol. The average Bonchev–Trinajstić information content (AvgIpc) is 2.88. The van der Waals surface area contributed by atoms with E-state index in [0.29, 0.717) is 0 Å². The van der Waals surface area contributed by atoms with Gasteiger partial charge in [-0.05, 0) is 12.1 Å². The summed E-state index contributed by atoms with van der Waals surface area (Å²) in [5.74, 6) is -2.09. The Bertz CT molecular complexity index is 1010. The first-order valence-electron chi connectivity index (χ1n) is 7.37. The van der Waals surface area contributed by atoms with Gasteiger partial charge in [-0.2, -0.15) is 0 Å². The first kappa shape index (κ1) is 18.1. The number of hydrogen-bond donors (Lipinski definition) is 2. The normalized spacial score (nSPS) is 13.9. The second kappa shape index (κ2) is 6.90. The van der Waals surface area contributed by atoms with Gasteiger partial charge in [0, 0.05) is 24.0 Å². The molecule has 1 amide bonds. The third-order valence-corrected chi connectivity index (χ3v) is 3.25. The predicted octanol–water partition coefficient (Wildman–Crippen LogP) is 0.0400. The van der Waals surface area contributed by atoms with Crippen LogP contribution in [0, 0.1) is 0 Å². The van der Waals surface area contributed by atoms with Gasteiger partial charge in [0.2, 0.25) is 0 Å². The van der Waals surface area contributed by atoms with Crippen molar-refractivity contribution >= 4 is 17.6 Å². The molecular weight excluding hydrogens is 372 g/mol. The van der Waals surface area contributed by atoms with Crippen molar-refractivity contribution in [2.24, 2.45) is 0 Å². The van der Waals surface area contributed by atoms with Crippen LogP contribution in [0.3, 0.4) is 0 Å². The number of benzene rings is 1. The van der Waals surface area contributed by atoms with Crippen LogP contribution in [0.5, 0.6) is 11.5 Å². The molecule has 2 aromatic rings. The van der Waals surface area contributed by atoms with E-state index in [1.165, 1.54) is 12.1 Å². The van der Waals surface area contributed by atoms with Crippen LogP contribution in [-0.2, 0) is 20.9 Å². The number of nitrogens with zero attached hydrogens (tertiary/aromatic N) is 1. The maximum absolute atomic E-state index is 12.9. The second-order valence-electron chi connectivity index (χ2n) is 5.28. The van der Waals surface area contributed by atoms with Crippen molar-refractivity contribution in [2.45, 2.75) is 12.8 Å². The maximum Gasteiger partial charge on any atom is 0.586 e. The molecule has 1 aliphatic rings. The van der Waals surface area contributed by atoms with Crippen molar-refractivity contribution in [2.75, 3.05) is 11.9 Å².